The van der Waals surface area contributed by atoms with Crippen molar-refractivity contribution >= 4 is 29.6 Å². The molecule has 0 radical (unpaired) electrons. The molecule has 0 aromatic carbocycles. The van der Waals surface area contributed by atoms with E-state index in [4.69, 9.17) is 11.5 Å². The number of hydrogen-bond donors (Lipinski definition) is 6. The first-order valence-electron chi connectivity index (χ1n) is 11.7. The van der Waals surface area contributed by atoms with Crippen LogP contribution in [-0.2, 0) is 30.4 Å². The number of imidazole rings is 1. The third-order valence-corrected chi connectivity index (χ3v) is 6.24. The summed E-state index contributed by atoms with van der Waals surface area (Å²) in [6.45, 7) is 3.89. The van der Waals surface area contributed by atoms with Crippen molar-refractivity contribution in [3.05, 3.63) is 18.2 Å². The van der Waals surface area contributed by atoms with Gasteiger partial charge in [-0.3, -0.25) is 19.2 Å². The summed E-state index contributed by atoms with van der Waals surface area (Å²) in [6.07, 6.45) is 4.28. The molecule has 0 bridgehead atoms. The molecule has 0 saturated carbocycles. The summed E-state index contributed by atoms with van der Waals surface area (Å²) in [5, 5.41) is 14.7. The average molecular weight is 494 g/mol. The third-order valence-electron chi connectivity index (χ3n) is 6.24. The second-order valence-corrected chi connectivity index (χ2v) is 8.85. The number of likely N-dealkylation sites (tertiary alicyclic amines) is 1. The highest BCUT2D eigenvalue weighted by molar-refractivity contribution is 5.94. The van der Waals surface area contributed by atoms with E-state index in [-0.39, 0.29) is 31.7 Å². The van der Waals surface area contributed by atoms with Gasteiger partial charge in [-0.1, -0.05) is 20.3 Å². The lowest BCUT2D eigenvalue weighted by Crippen LogP contribution is -2.59. The fourth-order valence-corrected chi connectivity index (χ4v) is 3.96. The Morgan fingerprint density at radius 2 is 1.97 bits per heavy atom. The number of H-pyrrole nitrogens is 1. The molecule has 13 heteroatoms. The normalized spacial score (nSPS) is 18.8. The van der Waals surface area contributed by atoms with Gasteiger partial charge in [0, 0.05) is 31.3 Å². The molecule has 0 aliphatic carbocycles. The molecule has 35 heavy (non-hydrogen) atoms. The Morgan fingerprint density at radius 1 is 1.26 bits per heavy atom. The van der Waals surface area contributed by atoms with E-state index in [0.29, 0.717) is 25.0 Å². The number of primary amides is 1. The van der Waals surface area contributed by atoms with Crippen LogP contribution in [0, 0.1) is 5.92 Å². The van der Waals surface area contributed by atoms with Gasteiger partial charge >= 0.3 is 5.97 Å². The number of aromatic nitrogens is 2. The lowest BCUT2D eigenvalue weighted by molar-refractivity contribution is -0.150. The standard InChI is InChI=1S/C22H35N7O6/c1-3-12(2)18(21(33)29-8-4-5-16(29)22(34)35)28-20(32)15(6-7-17(24)30)27-19(31)14(23)9-13-10-25-11-26-13/h10-12,14-16,18H,3-9,23H2,1-2H3,(H2,24,30)(H,25,26)(H,27,31)(H,28,32)(H,34,35). The molecule has 13 nitrogen and oxygen atoms in total. The van der Waals surface area contributed by atoms with Gasteiger partial charge in [-0.15, -0.1) is 0 Å². The summed E-state index contributed by atoms with van der Waals surface area (Å²) < 4.78 is 0. The molecule has 1 aliphatic rings. The fourth-order valence-electron chi connectivity index (χ4n) is 3.96. The van der Waals surface area contributed by atoms with E-state index in [9.17, 15) is 29.1 Å². The average Bonchev–Trinajstić information content (AvgIpc) is 3.51. The van der Waals surface area contributed by atoms with Crippen molar-refractivity contribution in [3.8, 4) is 0 Å². The maximum absolute atomic E-state index is 13.3. The van der Waals surface area contributed by atoms with E-state index >= 15 is 0 Å². The Morgan fingerprint density at radius 3 is 2.54 bits per heavy atom. The lowest BCUT2D eigenvalue weighted by atomic mass is 9.96. The number of nitrogens with one attached hydrogen (secondary N) is 3. The Hall–Kier alpha value is -3.48. The van der Waals surface area contributed by atoms with Crippen molar-refractivity contribution in [2.45, 2.75) is 76.5 Å². The molecule has 5 unspecified atom stereocenters. The molecule has 2 heterocycles. The fraction of sp³-hybridized carbons (Fsp3) is 0.636. The molecule has 1 saturated heterocycles. The zero-order valence-electron chi connectivity index (χ0n) is 20.0. The quantitative estimate of drug-likeness (QED) is 0.192. The van der Waals surface area contributed by atoms with E-state index < -0.39 is 53.8 Å². The Labute approximate surface area is 203 Å². The molecular formula is C22H35N7O6. The number of carbonyl (C=O) groups excluding carboxylic acids is 4. The van der Waals surface area contributed by atoms with Gasteiger partial charge in [-0.25, -0.2) is 9.78 Å². The summed E-state index contributed by atoms with van der Waals surface area (Å²) in [7, 11) is 0. The molecule has 4 amide bonds. The van der Waals surface area contributed by atoms with Gasteiger partial charge in [-0.2, -0.15) is 0 Å². The summed E-state index contributed by atoms with van der Waals surface area (Å²) in [5.41, 5.74) is 11.8. The number of carboxylic acid groups (broad SMARTS) is 1. The van der Waals surface area contributed by atoms with E-state index in [1.807, 2.05) is 6.92 Å². The van der Waals surface area contributed by atoms with E-state index in [1.165, 1.54) is 17.4 Å². The van der Waals surface area contributed by atoms with E-state index in [2.05, 4.69) is 20.6 Å². The second-order valence-electron chi connectivity index (χ2n) is 8.85. The zero-order chi connectivity index (χ0) is 26.1. The molecule has 0 spiro atoms. The molecule has 1 aromatic heterocycles. The zero-order valence-corrected chi connectivity index (χ0v) is 20.0. The van der Waals surface area contributed by atoms with Crippen molar-refractivity contribution in [2.75, 3.05) is 6.54 Å². The van der Waals surface area contributed by atoms with Crippen LogP contribution in [0.25, 0.3) is 0 Å². The van der Waals surface area contributed by atoms with E-state index in [0.717, 1.165) is 0 Å². The molecule has 8 N–H and O–H groups in total. The van der Waals surface area contributed by atoms with Gasteiger partial charge in [0.1, 0.15) is 18.1 Å². The minimum absolute atomic E-state index is 0.0907. The Kier molecular flexibility index (Phi) is 10.2. The highest BCUT2D eigenvalue weighted by atomic mass is 16.4. The van der Waals surface area contributed by atoms with E-state index in [1.54, 1.807) is 6.92 Å². The summed E-state index contributed by atoms with van der Waals surface area (Å²) >= 11 is 0. The maximum Gasteiger partial charge on any atom is 0.326 e. The largest absolute Gasteiger partial charge is 0.480 e. The Bertz CT molecular complexity index is 906. The SMILES string of the molecule is CCC(C)C(NC(=O)C(CCC(N)=O)NC(=O)C(N)Cc1cnc[nH]1)C(=O)N1CCCC1C(=O)O. The van der Waals surface area contributed by atoms with Gasteiger partial charge in [0.2, 0.25) is 23.6 Å². The smallest absolute Gasteiger partial charge is 0.326 e. The van der Waals surface area contributed by atoms with Crippen LogP contribution in [0.3, 0.4) is 0 Å². The van der Waals surface area contributed by atoms with Crippen LogP contribution in [-0.4, -0.2) is 80.3 Å². The number of nitrogens with two attached hydrogens (primary N) is 2. The lowest BCUT2D eigenvalue weighted by Gasteiger charge is -2.31. The van der Waals surface area contributed by atoms with Crippen LogP contribution in [0.1, 0.15) is 51.6 Å². The number of rotatable bonds is 13. The molecule has 1 aliphatic heterocycles. The minimum atomic E-state index is -1.17. The predicted molar refractivity (Wildman–Crippen MR) is 124 cm³/mol. The van der Waals surface area contributed by atoms with Crippen LogP contribution < -0.4 is 22.1 Å². The third kappa shape index (κ3) is 7.77. The van der Waals surface area contributed by atoms with Crippen LogP contribution in [0.2, 0.25) is 0 Å². The predicted octanol–water partition coefficient (Wildman–Crippen LogP) is -1.36. The molecule has 2 rings (SSSR count). The first-order valence-corrected chi connectivity index (χ1v) is 11.7. The second kappa shape index (κ2) is 12.8. The summed E-state index contributed by atoms with van der Waals surface area (Å²) in [4.78, 5) is 70.0. The number of aromatic amines is 1. The van der Waals surface area contributed by atoms with Crippen molar-refractivity contribution in [1.82, 2.24) is 25.5 Å². The number of hydrogen-bond acceptors (Lipinski definition) is 7. The first kappa shape index (κ1) is 27.8. The number of carboxylic acids is 1. The van der Waals surface area contributed by atoms with Crippen LogP contribution in [0.5, 0.6) is 0 Å². The number of nitrogens with zero attached hydrogens (tertiary/aromatic N) is 2. The monoisotopic (exact) mass is 493 g/mol. The van der Waals surface area contributed by atoms with Gasteiger partial charge < -0.3 is 37.1 Å². The summed E-state index contributed by atoms with van der Waals surface area (Å²) in [5.74, 6) is -3.86. The molecule has 1 aromatic rings. The molecule has 5 atom stereocenters. The van der Waals surface area contributed by atoms with Gasteiger partial charge in [0.05, 0.1) is 12.4 Å². The first-order chi connectivity index (χ1) is 16.5. The van der Waals surface area contributed by atoms with Crippen molar-refractivity contribution < 1.29 is 29.1 Å². The number of amides is 4. The highest BCUT2D eigenvalue weighted by Crippen LogP contribution is 2.21. The maximum atomic E-state index is 13.3. The van der Waals surface area contributed by atoms with Gasteiger partial charge in [0.25, 0.3) is 0 Å². The summed E-state index contributed by atoms with van der Waals surface area (Å²) in [6, 6.07) is -4.11. The van der Waals surface area contributed by atoms with Crippen molar-refractivity contribution in [3.63, 3.8) is 0 Å². The number of aliphatic carboxylic acids is 1. The highest BCUT2D eigenvalue weighted by Gasteiger charge is 2.40. The minimum Gasteiger partial charge on any atom is -0.480 e. The molecular weight excluding hydrogens is 458 g/mol. The van der Waals surface area contributed by atoms with Crippen LogP contribution in [0.4, 0.5) is 0 Å². The van der Waals surface area contributed by atoms with Crippen molar-refractivity contribution in [2.24, 2.45) is 17.4 Å². The van der Waals surface area contributed by atoms with Crippen molar-refractivity contribution in [1.29, 1.82) is 0 Å². The number of carbonyl (C=O) groups is 5. The van der Waals surface area contributed by atoms with Crippen LogP contribution in [0.15, 0.2) is 12.5 Å². The van der Waals surface area contributed by atoms with Crippen LogP contribution >= 0.6 is 0 Å². The molecule has 1 fully saturated rings. The topological polar surface area (TPSA) is 214 Å². The molecule has 194 valence electrons. The Balaban J connectivity index is 2.15. The van der Waals surface area contributed by atoms with Gasteiger partial charge in [-0.05, 0) is 25.2 Å². The van der Waals surface area contributed by atoms with Gasteiger partial charge in [0.15, 0.2) is 0 Å².